The first-order chi connectivity index (χ1) is 10.1. The van der Waals surface area contributed by atoms with Crippen LogP contribution in [-0.2, 0) is 10.0 Å². The molecule has 1 unspecified atom stereocenters. The molecule has 1 saturated heterocycles. The molecular weight excluding hydrogens is 286 g/mol. The van der Waals surface area contributed by atoms with E-state index in [-0.39, 0.29) is 6.04 Å². The molecule has 0 amide bonds. The Morgan fingerprint density at radius 2 is 2.19 bits per heavy atom. The van der Waals surface area contributed by atoms with E-state index in [0.717, 1.165) is 23.7 Å². The van der Waals surface area contributed by atoms with Gasteiger partial charge in [0.15, 0.2) is 0 Å². The number of sulfonamides is 1. The van der Waals surface area contributed by atoms with Gasteiger partial charge in [0.05, 0.1) is 4.90 Å². The zero-order valence-electron chi connectivity index (χ0n) is 12.0. The fourth-order valence-electron chi connectivity index (χ4n) is 2.79. The molecule has 112 valence electrons. The van der Waals surface area contributed by atoms with Crippen molar-refractivity contribution < 1.29 is 8.42 Å². The zero-order valence-corrected chi connectivity index (χ0v) is 12.8. The molecule has 3 rings (SSSR count). The van der Waals surface area contributed by atoms with Crippen LogP contribution in [0.2, 0.25) is 0 Å². The number of benzene rings is 1. The minimum absolute atomic E-state index is 0.0467. The van der Waals surface area contributed by atoms with Gasteiger partial charge in [-0.2, -0.15) is 4.31 Å². The topological polar surface area (TPSA) is 62.3 Å². The third-order valence-corrected chi connectivity index (χ3v) is 5.96. The molecule has 21 heavy (non-hydrogen) atoms. The van der Waals surface area contributed by atoms with Crippen molar-refractivity contribution in [1.29, 1.82) is 0 Å². The first-order valence-electron chi connectivity index (χ1n) is 7.16. The molecule has 2 heterocycles. The lowest BCUT2D eigenvalue weighted by Crippen LogP contribution is -2.41. The molecule has 1 fully saturated rings. The highest BCUT2D eigenvalue weighted by molar-refractivity contribution is 7.89. The number of aromatic nitrogens is 1. The van der Waals surface area contributed by atoms with Crippen LogP contribution in [0.5, 0.6) is 0 Å². The summed E-state index contributed by atoms with van der Waals surface area (Å²) in [6.45, 7) is 4.04. The predicted molar refractivity (Wildman–Crippen MR) is 82.6 cm³/mol. The maximum absolute atomic E-state index is 13.0. The van der Waals surface area contributed by atoms with E-state index >= 15 is 0 Å². The number of nitrogens with zero attached hydrogens (tertiary/aromatic N) is 2. The monoisotopic (exact) mass is 305 g/mol. The second-order valence-corrected chi connectivity index (χ2v) is 7.23. The molecule has 0 aliphatic carbocycles. The van der Waals surface area contributed by atoms with E-state index < -0.39 is 10.0 Å². The van der Waals surface area contributed by atoms with Gasteiger partial charge in [-0.25, -0.2) is 8.42 Å². The molecule has 6 heteroatoms. The van der Waals surface area contributed by atoms with Crippen molar-refractivity contribution >= 4 is 20.8 Å². The van der Waals surface area contributed by atoms with E-state index in [0.29, 0.717) is 18.0 Å². The minimum Gasteiger partial charge on any atom is -0.315 e. The van der Waals surface area contributed by atoms with Gasteiger partial charge in [0.2, 0.25) is 10.0 Å². The van der Waals surface area contributed by atoms with Gasteiger partial charge in [0.25, 0.3) is 0 Å². The Bertz CT molecular complexity index is 740. The average Bonchev–Trinajstić information content (AvgIpc) is 2.71. The van der Waals surface area contributed by atoms with Crippen molar-refractivity contribution in [2.75, 3.05) is 19.6 Å². The standard InChI is InChI=1S/C15H19N3O2S/c1-12-10-16-7-3-9-18(12)21(19,20)15-5-2-4-13-11-17-8-6-14(13)15/h2,4-6,8,11-12,16H,3,7,9-10H2,1H3. The van der Waals surface area contributed by atoms with Crippen molar-refractivity contribution in [2.45, 2.75) is 24.3 Å². The lowest BCUT2D eigenvalue weighted by atomic mass is 10.2. The zero-order chi connectivity index (χ0) is 14.9. The fourth-order valence-corrected chi connectivity index (χ4v) is 4.68. The highest BCUT2D eigenvalue weighted by Gasteiger charge is 2.30. The number of hydrogen-bond acceptors (Lipinski definition) is 4. The molecule has 1 aromatic heterocycles. The minimum atomic E-state index is -3.50. The Labute approximate surface area is 125 Å². The van der Waals surface area contributed by atoms with Gasteiger partial charge in [-0.3, -0.25) is 4.98 Å². The Balaban J connectivity index is 2.11. The van der Waals surface area contributed by atoms with Gasteiger partial charge in [-0.05, 0) is 32.0 Å². The summed E-state index contributed by atoms with van der Waals surface area (Å²) >= 11 is 0. The highest BCUT2D eigenvalue weighted by Crippen LogP contribution is 2.26. The molecule has 0 radical (unpaired) electrons. The van der Waals surface area contributed by atoms with Crippen LogP contribution in [0.3, 0.4) is 0 Å². The van der Waals surface area contributed by atoms with Crippen LogP contribution in [-0.4, -0.2) is 43.4 Å². The molecule has 0 saturated carbocycles. The summed E-state index contributed by atoms with van der Waals surface area (Å²) in [6.07, 6.45) is 4.16. The summed E-state index contributed by atoms with van der Waals surface area (Å²) in [5.41, 5.74) is 0. The van der Waals surface area contributed by atoms with Crippen molar-refractivity contribution in [1.82, 2.24) is 14.6 Å². The van der Waals surface area contributed by atoms with Crippen molar-refractivity contribution in [3.05, 3.63) is 36.7 Å². The second kappa shape index (κ2) is 5.71. The van der Waals surface area contributed by atoms with Crippen LogP contribution >= 0.6 is 0 Å². The van der Waals surface area contributed by atoms with Gasteiger partial charge >= 0.3 is 0 Å². The number of hydrogen-bond donors (Lipinski definition) is 1. The van der Waals surface area contributed by atoms with E-state index in [2.05, 4.69) is 10.3 Å². The van der Waals surface area contributed by atoms with Crippen LogP contribution < -0.4 is 5.32 Å². The summed E-state index contributed by atoms with van der Waals surface area (Å²) < 4.78 is 27.7. The lowest BCUT2D eigenvalue weighted by Gasteiger charge is -2.26. The normalized spacial score (nSPS) is 21.3. The Morgan fingerprint density at radius 3 is 3.05 bits per heavy atom. The van der Waals surface area contributed by atoms with Gasteiger partial charge in [-0.15, -0.1) is 0 Å². The summed E-state index contributed by atoms with van der Waals surface area (Å²) in [4.78, 5) is 4.43. The highest BCUT2D eigenvalue weighted by atomic mass is 32.2. The summed E-state index contributed by atoms with van der Waals surface area (Å²) in [5.74, 6) is 0. The Hall–Kier alpha value is -1.50. The molecule has 1 N–H and O–H groups in total. The number of nitrogens with one attached hydrogen (secondary N) is 1. The summed E-state index contributed by atoms with van der Waals surface area (Å²) in [5, 5.41) is 4.85. The van der Waals surface area contributed by atoms with Crippen LogP contribution in [0, 0.1) is 0 Å². The Kier molecular flexibility index (Phi) is 3.93. The van der Waals surface area contributed by atoms with E-state index in [1.807, 2.05) is 13.0 Å². The third-order valence-electron chi connectivity index (χ3n) is 3.89. The molecule has 5 nitrogen and oxygen atoms in total. The summed E-state index contributed by atoms with van der Waals surface area (Å²) in [6, 6.07) is 7.06. The van der Waals surface area contributed by atoms with E-state index in [1.54, 1.807) is 34.9 Å². The molecule has 1 aromatic carbocycles. The van der Waals surface area contributed by atoms with Crippen molar-refractivity contribution in [3.8, 4) is 0 Å². The van der Waals surface area contributed by atoms with Crippen molar-refractivity contribution in [2.24, 2.45) is 0 Å². The molecule has 0 spiro atoms. The molecule has 1 aliphatic heterocycles. The number of fused-ring (bicyclic) bond motifs is 1. The summed E-state index contributed by atoms with van der Waals surface area (Å²) in [7, 11) is -3.50. The van der Waals surface area contributed by atoms with Gasteiger partial charge in [-0.1, -0.05) is 12.1 Å². The van der Waals surface area contributed by atoms with Gasteiger partial charge in [0, 0.05) is 42.3 Å². The first-order valence-corrected chi connectivity index (χ1v) is 8.60. The lowest BCUT2D eigenvalue weighted by molar-refractivity contribution is 0.354. The second-order valence-electron chi connectivity index (χ2n) is 5.38. The number of pyridine rings is 1. The average molecular weight is 305 g/mol. The maximum Gasteiger partial charge on any atom is 0.243 e. The van der Waals surface area contributed by atoms with E-state index in [9.17, 15) is 8.42 Å². The largest absolute Gasteiger partial charge is 0.315 e. The fraction of sp³-hybridized carbons (Fsp3) is 0.400. The maximum atomic E-state index is 13.0. The van der Waals surface area contributed by atoms with E-state index in [4.69, 9.17) is 0 Å². The molecular formula is C15H19N3O2S. The van der Waals surface area contributed by atoms with Crippen LogP contribution in [0.25, 0.3) is 10.8 Å². The van der Waals surface area contributed by atoms with Crippen LogP contribution in [0.1, 0.15) is 13.3 Å². The van der Waals surface area contributed by atoms with Crippen LogP contribution in [0.15, 0.2) is 41.6 Å². The van der Waals surface area contributed by atoms with Gasteiger partial charge in [0.1, 0.15) is 0 Å². The molecule has 0 bridgehead atoms. The number of rotatable bonds is 2. The van der Waals surface area contributed by atoms with Crippen molar-refractivity contribution in [3.63, 3.8) is 0 Å². The van der Waals surface area contributed by atoms with E-state index in [1.165, 1.54) is 0 Å². The van der Waals surface area contributed by atoms with Gasteiger partial charge < -0.3 is 5.32 Å². The smallest absolute Gasteiger partial charge is 0.243 e. The Morgan fingerprint density at radius 1 is 1.33 bits per heavy atom. The van der Waals surface area contributed by atoms with Crippen LogP contribution in [0.4, 0.5) is 0 Å². The first kappa shape index (κ1) is 14.4. The molecule has 1 aliphatic rings. The predicted octanol–water partition coefficient (Wildman–Crippen LogP) is 1.61. The molecule has 1 atom stereocenters. The quantitative estimate of drug-likeness (QED) is 0.915. The molecule has 2 aromatic rings. The SMILES string of the molecule is CC1CNCCCN1S(=O)(=O)c1cccc2cnccc12. The third kappa shape index (κ3) is 2.66.